The number of rotatable bonds is 13. The first-order chi connectivity index (χ1) is 13.8. The van der Waals surface area contributed by atoms with Crippen molar-refractivity contribution in [3.05, 3.63) is 35.9 Å². The lowest BCUT2D eigenvalue weighted by molar-refractivity contribution is -0.142. The fraction of sp³-hybridized carbons (Fsp3) is 0.500. The normalized spacial score (nSPS) is 12.5. The van der Waals surface area contributed by atoms with E-state index < -0.39 is 24.0 Å². The molecule has 0 unspecified atom stereocenters. The smallest absolute Gasteiger partial charge is 0.326 e. The molecule has 160 valence electrons. The van der Waals surface area contributed by atoms with Crippen LogP contribution in [-0.4, -0.2) is 53.2 Å². The zero-order valence-corrected chi connectivity index (χ0v) is 17.4. The monoisotopic (exact) mass is 423 g/mol. The Morgan fingerprint density at radius 3 is 2.28 bits per heavy atom. The molecule has 1 aromatic carbocycles. The van der Waals surface area contributed by atoms with Crippen LogP contribution in [0.1, 0.15) is 38.2 Å². The van der Waals surface area contributed by atoms with E-state index in [1.54, 1.807) is 24.3 Å². The summed E-state index contributed by atoms with van der Waals surface area (Å²) in [5, 5.41) is 17.1. The van der Waals surface area contributed by atoms with Gasteiger partial charge in [0, 0.05) is 32.1 Å². The van der Waals surface area contributed by atoms with Gasteiger partial charge in [0.15, 0.2) is 0 Å². The summed E-state index contributed by atoms with van der Waals surface area (Å²) in [5.41, 5.74) is 0.783. The molecule has 1 aromatic rings. The van der Waals surface area contributed by atoms with Gasteiger partial charge in [-0.15, -0.1) is 0 Å². The number of nitrogens with one attached hydrogen (secondary N) is 3. The molecule has 0 saturated carbocycles. The van der Waals surface area contributed by atoms with Crippen LogP contribution in [0.2, 0.25) is 0 Å². The summed E-state index contributed by atoms with van der Waals surface area (Å²) in [6, 6.07) is 6.97. The zero-order valence-electron chi connectivity index (χ0n) is 16.5. The van der Waals surface area contributed by atoms with Gasteiger partial charge in [0.1, 0.15) is 12.1 Å². The molecule has 0 aliphatic heterocycles. The number of unbranched alkanes of at least 4 members (excludes halogenated alkanes) is 2. The summed E-state index contributed by atoms with van der Waals surface area (Å²) in [5.74, 6) is -2.06. The molecule has 0 aliphatic rings. The Bertz CT molecular complexity index is 684. The van der Waals surface area contributed by atoms with Crippen LogP contribution in [0.4, 0.5) is 0 Å². The maximum atomic E-state index is 12.4. The van der Waals surface area contributed by atoms with Gasteiger partial charge in [0.2, 0.25) is 17.7 Å². The number of carbonyl (C=O) groups is 4. The van der Waals surface area contributed by atoms with E-state index in [0.717, 1.165) is 18.4 Å². The highest BCUT2D eigenvalue weighted by Crippen LogP contribution is 2.05. The maximum Gasteiger partial charge on any atom is 0.326 e. The summed E-state index contributed by atoms with van der Waals surface area (Å²) in [6.45, 7) is 2.02. The van der Waals surface area contributed by atoms with E-state index in [0.29, 0.717) is 13.0 Å². The molecule has 0 aromatic heterocycles. The third kappa shape index (κ3) is 10.5. The Morgan fingerprint density at radius 1 is 1.00 bits per heavy atom. The van der Waals surface area contributed by atoms with E-state index in [4.69, 9.17) is 0 Å². The fourth-order valence-corrected chi connectivity index (χ4v) is 2.89. The summed E-state index contributed by atoms with van der Waals surface area (Å²) < 4.78 is 0. The van der Waals surface area contributed by atoms with Crippen molar-refractivity contribution in [2.45, 2.75) is 51.1 Å². The average Bonchev–Trinajstić information content (AvgIpc) is 2.68. The van der Waals surface area contributed by atoms with Gasteiger partial charge in [-0.05, 0) is 18.4 Å². The lowest BCUT2D eigenvalue weighted by Crippen LogP contribution is -2.53. The molecule has 8 nitrogen and oxygen atoms in total. The van der Waals surface area contributed by atoms with Crippen LogP contribution in [0.25, 0.3) is 0 Å². The minimum atomic E-state index is -1.15. The van der Waals surface area contributed by atoms with E-state index in [-0.39, 0.29) is 30.4 Å². The van der Waals surface area contributed by atoms with Gasteiger partial charge < -0.3 is 21.1 Å². The van der Waals surface area contributed by atoms with Gasteiger partial charge in [-0.25, -0.2) is 4.79 Å². The molecule has 0 spiro atoms. The fourth-order valence-electron chi connectivity index (χ4n) is 2.63. The second-order valence-corrected chi connectivity index (χ2v) is 7.05. The molecule has 29 heavy (non-hydrogen) atoms. The molecule has 0 fully saturated rings. The van der Waals surface area contributed by atoms with Crippen LogP contribution in [0.5, 0.6) is 0 Å². The molecule has 4 N–H and O–H groups in total. The number of benzene rings is 1. The van der Waals surface area contributed by atoms with Crippen LogP contribution >= 0.6 is 12.6 Å². The Morgan fingerprint density at radius 2 is 1.69 bits per heavy atom. The third-order valence-electron chi connectivity index (χ3n) is 4.19. The van der Waals surface area contributed by atoms with Crippen molar-refractivity contribution in [3.63, 3.8) is 0 Å². The molecule has 0 bridgehead atoms. The Labute approximate surface area is 176 Å². The number of carbonyl (C=O) groups excluding carboxylic acids is 3. The van der Waals surface area contributed by atoms with Gasteiger partial charge in [-0.3, -0.25) is 14.4 Å². The van der Waals surface area contributed by atoms with Crippen molar-refractivity contribution in [3.8, 4) is 0 Å². The summed E-state index contributed by atoms with van der Waals surface area (Å²) in [7, 11) is 0. The largest absolute Gasteiger partial charge is 0.480 e. The SMILES string of the molecule is CC(=O)NCCCCCC(=O)N[C@@H](CS)C(=O)N[C@@H](Cc1ccccc1)C(=O)O. The number of aliphatic carboxylic acids is 1. The van der Waals surface area contributed by atoms with Crippen LogP contribution in [-0.2, 0) is 25.6 Å². The van der Waals surface area contributed by atoms with Gasteiger partial charge in [0.25, 0.3) is 0 Å². The van der Waals surface area contributed by atoms with Crippen molar-refractivity contribution in [2.24, 2.45) is 0 Å². The molecule has 0 saturated heterocycles. The van der Waals surface area contributed by atoms with E-state index in [9.17, 15) is 24.3 Å². The van der Waals surface area contributed by atoms with E-state index >= 15 is 0 Å². The highest BCUT2D eigenvalue weighted by molar-refractivity contribution is 7.80. The highest BCUT2D eigenvalue weighted by atomic mass is 32.1. The summed E-state index contributed by atoms with van der Waals surface area (Å²) >= 11 is 4.10. The van der Waals surface area contributed by atoms with Crippen molar-refractivity contribution in [1.82, 2.24) is 16.0 Å². The van der Waals surface area contributed by atoms with E-state index in [2.05, 4.69) is 28.6 Å². The maximum absolute atomic E-state index is 12.4. The van der Waals surface area contributed by atoms with Gasteiger partial charge >= 0.3 is 5.97 Å². The van der Waals surface area contributed by atoms with Crippen molar-refractivity contribution >= 4 is 36.3 Å². The van der Waals surface area contributed by atoms with Crippen LogP contribution in [0.15, 0.2) is 30.3 Å². The third-order valence-corrected chi connectivity index (χ3v) is 4.55. The summed E-state index contributed by atoms with van der Waals surface area (Å²) in [6.07, 6.45) is 2.54. The Hall–Kier alpha value is -2.55. The second kappa shape index (κ2) is 13.6. The van der Waals surface area contributed by atoms with Gasteiger partial charge in [-0.2, -0.15) is 12.6 Å². The first-order valence-corrected chi connectivity index (χ1v) is 10.2. The van der Waals surface area contributed by atoms with Crippen LogP contribution < -0.4 is 16.0 Å². The van der Waals surface area contributed by atoms with E-state index in [1.807, 2.05) is 6.07 Å². The molecule has 0 aliphatic carbocycles. The summed E-state index contributed by atoms with van der Waals surface area (Å²) in [4.78, 5) is 46.7. The molecule has 1 rings (SSSR count). The number of carboxylic acid groups (broad SMARTS) is 1. The van der Waals surface area contributed by atoms with Gasteiger partial charge in [-0.1, -0.05) is 36.8 Å². The molecule has 9 heteroatoms. The topological polar surface area (TPSA) is 125 Å². The minimum absolute atomic E-state index is 0.0534. The molecular weight excluding hydrogens is 394 g/mol. The molecular formula is C20H29N3O5S. The highest BCUT2D eigenvalue weighted by Gasteiger charge is 2.25. The number of carboxylic acids is 1. The van der Waals surface area contributed by atoms with Gasteiger partial charge in [0.05, 0.1) is 0 Å². The average molecular weight is 424 g/mol. The Balaban J connectivity index is 2.45. The first kappa shape index (κ1) is 24.5. The minimum Gasteiger partial charge on any atom is -0.480 e. The Kier molecular flexibility index (Phi) is 11.5. The lowest BCUT2D eigenvalue weighted by atomic mass is 10.1. The lowest BCUT2D eigenvalue weighted by Gasteiger charge is -2.20. The number of amides is 3. The second-order valence-electron chi connectivity index (χ2n) is 6.69. The molecule has 0 radical (unpaired) electrons. The van der Waals surface area contributed by atoms with Crippen LogP contribution in [0, 0.1) is 0 Å². The quantitative estimate of drug-likeness (QED) is 0.238. The molecule has 2 atom stereocenters. The van der Waals surface area contributed by atoms with Crippen molar-refractivity contribution < 1.29 is 24.3 Å². The van der Waals surface area contributed by atoms with Crippen molar-refractivity contribution in [2.75, 3.05) is 12.3 Å². The molecule has 0 heterocycles. The first-order valence-electron chi connectivity index (χ1n) is 9.55. The predicted octanol–water partition coefficient (Wildman–Crippen LogP) is 0.910. The number of hydrogen-bond acceptors (Lipinski definition) is 5. The van der Waals surface area contributed by atoms with Crippen molar-refractivity contribution in [1.29, 1.82) is 0 Å². The predicted molar refractivity (Wildman–Crippen MR) is 113 cm³/mol. The number of hydrogen-bond donors (Lipinski definition) is 5. The number of thiol groups is 1. The standard InChI is InChI=1S/C20H29N3O5S/c1-14(24)21-11-7-3-6-10-18(25)22-17(13-29)19(26)23-16(20(27)28)12-15-8-4-2-5-9-15/h2,4-5,8-9,16-17,29H,3,6-7,10-13H2,1H3,(H,21,24)(H,22,25)(H,23,26)(H,27,28)/t16-,17-/m0/s1. The van der Waals surface area contributed by atoms with Crippen LogP contribution in [0.3, 0.4) is 0 Å². The van der Waals surface area contributed by atoms with E-state index in [1.165, 1.54) is 6.92 Å². The zero-order chi connectivity index (χ0) is 21.6. The molecule has 3 amide bonds.